The summed E-state index contributed by atoms with van der Waals surface area (Å²) in [6, 6.07) is 0.994. The third-order valence-electron chi connectivity index (χ3n) is 3.21. The zero-order valence-corrected chi connectivity index (χ0v) is 13.4. The highest BCUT2D eigenvalue weighted by Crippen LogP contribution is 2.33. The molecular weight excluding hydrogens is 325 g/mol. The molecule has 2 rings (SSSR count). The minimum absolute atomic E-state index is 0.148. The van der Waals surface area contributed by atoms with Gasteiger partial charge in [-0.2, -0.15) is 13.2 Å². The van der Waals surface area contributed by atoms with Gasteiger partial charge < -0.3 is 5.11 Å². The van der Waals surface area contributed by atoms with Crippen molar-refractivity contribution >= 4 is 16.8 Å². The number of nitrogens with zero attached hydrogens (tertiary/aromatic N) is 2. The first-order valence-electron chi connectivity index (χ1n) is 7.14. The Morgan fingerprint density at radius 2 is 2.13 bits per heavy atom. The van der Waals surface area contributed by atoms with Gasteiger partial charge in [0.1, 0.15) is 5.76 Å². The van der Waals surface area contributed by atoms with E-state index in [4.69, 9.17) is 0 Å². The van der Waals surface area contributed by atoms with Crippen LogP contribution in [0.4, 0.5) is 13.2 Å². The van der Waals surface area contributed by atoms with E-state index in [9.17, 15) is 18.3 Å². The molecule has 1 aliphatic rings. The second-order valence-corrected chi connectivity index (χ2v) is 6.18. The summed E-state index contributed by atoms with van der Waals surface area (Å²) in [5.74, 6) is 0.331. The summed E-state index contributed by atoms with van der Waals surface area (Å²) in [5.41, 5.74) is 0.121. The normalized spacial score (nSPS) is 21.1. The van der Waals surface area contributed by atoms with Crippen LogP contribution in [0.25, 0.3) is 0 Å². The molecule has 1 aliphatic heterocycles. The fraction of sp³-hybridized carbons (Fsp3) is 0.375. The van der Waals surface area contributed by atoms with Crippen LogP contribution in [0, 0.1) is 0 Å². The Labute approximate surface area is 137 Å². The molecule has 0 saturated carbocycles. The van der Waals surface area contributed by atoms with Crippen molar-refractivity contribution in [3.63, 3.8) is 0 Å². The van der Waals surface area contributed by atoms with Crippen LogP contribution < -0.4 is 0 Å². The minimum atomic E-state index is -4.38. The second kappa shape index (κ2) is 7.68. The van der Waals surface area contributed by atoms with Crippen LogP contribution in [0.15, 0.2) is 47.1 Å². The van der Waals surface area contributed by atoms with Gasteiger partial charge in [0, 0.05) is 29.9 Å². The molecule has 0 radical (unpaired) electrons. The van der Waals surface area contributed by atoms with E-state index >= 15 is 0 Å². The van der Waals surface area contributed by atoms with Crippen LogP contribution in [0.2, 0.25) is 0 Å². The van der Waals surface area contributed by atoms with E-state index in [0.29, 0.717) is 18.5 Å². The maximum absolute atomic E-state index is 13.0. The molecule has 0 aliphatic carbocycles. The molecule has 0 spiro atoms. The SMILES string of the molecule is C/C1=C/C(O)=C\CCCC(SCc2cnccc2C(F)(F)F)=N1. The number of hydrogen-bond donors (Lipinski definition) is 1. The maximum Gasteiger partial charge on any atom is 0.416 e. The Kier molecular flexibility index (Phi) is 5.87. The maximum atomic E-state index is 13.0. The summed E-state index contributed by atoms with van der Waals surface area (Å²) in [7, 11) is 0. The van der Waals surface area contributed by atoms with Gasteiger partial charge in [-0.3, -0.25) is 9.98 Å². The number of allylic oxidation sites excluding steroid dienone is 3. The Hall–Kier alpha value is -1.76. The van der Waals surface area contributed by atoms with Crippen LogP contribution in [0.1, 0.15) is 37.3 Å². The standard InChI is InChI=1S/C16H17F3N2OS/c1-11-8-13(22)4-2-3-5-15(21-11)23-10-12-9-20-7-6-14(12)16(17,18)19/h4,6-9,22H,2-3,5,10H2,1H3/b11-8-,13-4+,21-15?. The van der Waals surface area contributed by atoms with Crippen molar-refractivity contribution in [1.82, 2.24) is 4.98 Å². The zero-order chi connectivity index (χ0) is 16.9. The Morgan fingerprint density at radius 1 is 1.35 bits per heavy atom. The number of thioether (sulfide) groups is 1. The lowest BCUT2D eigenvalue weighted by molar-refractivity contribution is -0.138. The van der Waals surface area contributed by atoms with E-state index in [1.54, 1.807) is 19.1 Å². The largest absolute Gasteiger partial charge is 0.508 e. The van der Waals surface area contributed by atoms with Gasteiger partial charge in [-0.15, -0.1) is 11.8 Å². The Balaban J connectivity index is 2.14. The van der Waals surface area contributed by atoms with E-state index in [0.717, 1.165) is 23.7 Å². The number of pyridine rings is 1. The molecule has 0 aromatic carbocycles. The predicted octanol–water partition coefficient (Wildman–Crippen LogP) is 5.26. The summed E-state index contributed by atoms with van der Waals surface area (Å²) in [6.07, 6.45) is 3.45. The van der Waals surface area contributed by atoms with Gasteiger partial charge in [-0.05, 0) is 43.9 Å². The lowest BCUT2D eigenvalue weighted by atomic mass is 10.1. The van der Waals surface area contributed by atoms with E-state index in [-0.39, 0.29) is 17.1 Å². The smallest absolute Gasteiger partial charge is 0.416 e. The summed E-state index contributed by atoms with van der Waals surface area (Å²) in [4.78, 5) is 8.18. The van der Waals surface area contributed by atoms with E-state index in [2.05, 4.69) is 9.98 Å². The zero-order valence-electron chi connectivity index (χ0n) is 12.6. The van der Waals surface area contributed by atoms with Gasteiger partial charge in [0.15, 0.2) is 0 Å². The van der Waals surface area contributed by atoms with Crippen LogP contribution in [0.5, 0.6) is 0 Å². The number of halogens is 3. The van der Waals surface area contributed by atoms with Gasteiger partial charge in [0.05, 0.1) is 10.6 Å². The fourth-order valence-electron chi connectivity index (χ4n) is 2.15. The van der Waals surface area contributed by atoms with Crippen molar-refractivity contribution in [3.8, 4) is 0 Å². The molecule has 0 bridgehead atoms. The molecule has 0 amide bonds. The van der Waals surface area contributed by atoms with Gasteiger partial charge in [-0.25, -0.2) is 0 Å². The highest BCUT2D eigenvalue weighted by atomic mass is 32.2. The molecule has 7 heteroatoms. The fourth-order valence-corrected chi connectivity index (χ4v) is 3.19. The van der Waals surface area contributed by atoms with Crippen molar-refractivity contribution in [2.24, 2.45) is 4.99 Å². The van der Waals surface area contributed by atoms with Crippen molar-refractivity contribution in [2.75, 3.05) is 0 Å². The summed E-state index contributed by atoms with van der Waals surface area (Å²) >= 11 is 1.28. The number of aliphatic hydroxyl groups excluding tert-OH is 1. The van der Waals surface area contributed by atoms with Crippen molar-refractivity contribution < 1.29 is 18.3 Å². The molecule has 0 saturated heterocycles. The first-order chi connectivity index (χ1) is 10.9. The molecule has 2 heterocycles. The molecular formula is C16H17F3N2OS. The van der Waals surface area contributed by atoms with Crippen molar-refractivity contribution in [3.05, 3.63) is 53.2 Å². The second-order valence-electron chi connectivity index (χ2n) is 5.13. The highest BCUT2D eigenvalue weighted by Gasteiger charge is 2.33. The first kappa shape index (κ1) is 17.6. The quantitative estimate of drug-likeness (QED) is 0.797. The number of aromatic nitrogens is 1. The molecule has 0 unspecified atom stereocenters. The predicted molar refractivity (Wildman–Crippen MR) is 86.3 cm³/mol. The van der Waals surface area contributed by atoms with Gasteiger partial charge in [0.25, 0.3) is 0 Å². The first-order valence-corrected chi connectivity index (χ1v) is 8.12. The topological polar surface area (TPSA) is 45.5 Å². The van der Waals surface area contributed by atoms with Crippen LogP contribution >= 0.6 is 11.8 Å². The number of hydrogen-bond acceptors (Lipinski definition) is 4. The minimum Gasteiger partial charge on any atom is -0.508 e. The number of aliphatic hydroxyl groups is 1. The van der Waals surface area contributed by atoms with Crippen molar-refractivity contribution in [2.45, 2.75) is 38.1 Å². The average molecular weight is 342 g/mol. The Bertz CT molecular complexity index is 651. The van der Waals surface area contributed by atoms with Crippen LogP contribution in [0.3, 0.4) is 0 Å². The third-order valence-corrected chi connectivity index (χ3v) is 4.29. The van der Waals surface area contributed by atoms with E-state index in [1.165, 1.54) is 18.0 Å². The lowest BCUT2D eigenvalue weighted by Crippen LogP contribution is -2.09. The molecule has 3 nitrogen and oxygen atoms in total. The van der Waals surface area contributed by atoms with Crippen molar-refractivity contribution in [1.29, 1.82) is 0 Å². The molecule has 1 N–H and O–H groups in total. The molecule has 23 heavy (non-hydrogen) atoms. The summed E-state index contributed by atoms with van der Waals surface area (Å²) < 4.78 is 38.9. The highest BCUT2D eigenvalue weighted by molar-refractivity contribution is 8.13. The number of alkyl halides is 3. The summed E-state index contributed by atoms with van der Waals surface area (Å²) in [5, 5.41) is 10.4. The average Bonchev–Trinajstić information content (AvgIpc) is 2.55. The molecule has 1 aromatic heterocycles. The third kappa shape index (κ3) is 5.42. The lowest BCUT2D eigenvalue weighted by Gasteiger charge is -2.12. The molecule has 0 fully saturated rings. The monoisotopic (exact) mass is 342 g/mol. The summed E-state index contributed by atoms with van der Waals surface area (Å²) in [6.45, 7) is 1.75. The van der Waals surface area contributed by atoms with Crippen LogP contribution in [-0.2, 0) is 11.9 Å². The number of aliphatic imine (C=N–C) groups is 1. The van der Waals surface area contributed by atoms with E-state index in [1.807, 2.05) is 0 Å². The van der Waals surface area contributed by atoms with Gasteiger partial charge in [-0.1, -0.05) is 0 Å². The Morgan fingerprint density at radius 3 is 2.87 bits per heavy atom. The molecule has 1 aromatic rings. The molecule has 0 atom stereocenters. The van der Waals surface area contributed by atoms with Gasteiger partial charge >= 0.3 is 6.18 Å². The number of rotatable bonds is 2. The van der Waals surface area contributed by atoms with Gasteiger partial charge in [0.2, 0.25) is 0 Å². The molecule has 124 valence electrons. The van der Waals surface area contributed by atoms with Crippen LogP contribution in [-0.4, -0.2) is 15.1 Å². The van der Waals surface area contributed by atoms with E-state index < -0.39 is 11.7 Å².